The highest BCUT2D eigenvalue weighted by Crippen LogP contribution is 2.01. The van der Waals surface area contributed by atoms with Gasteiger partial charge in [0.2, 0.25) is 0 Å². The van der Waals surface area contributed by atoms with Crippen LogP contribution in [0.1, 0.15) is 25.7 Å². The van der Waals surface area contributed by atoms with Gasteiger partial charge in [-0.25, -0.2) is 4.79 Å². The number of aliphatic carboxylic acids is 1. The van der Waals surface area contributed by atoms with Gasteiger partial charge in [0.25, 0.3) is 0 Å². The summed E-state index contributed by atoms with van der Waals surface area (Å²) in [6.07, 6.45) is 3.69. The molecule has 0 spiro atoms. The van der Waals surface area contributed by atoms with Crippen LogP contribution < -0.4 is 10.6 Å². The van der Waals surface area contributed by atoms with Gasteiger partial charge in [-0.3, -0.25) is 10.1 Å². The van der Waals surface area contributed by atoms with E-state index in [1.54, 1.807) is 0 Å². The minimum atomic E-state index is -0.790. The molecule has 2 amide bonds. The van der Waals surface area contributed by atoms with Crippen LogP contribution >= 0.6 is 0 Å². The molecule has 3 N–H and O–H groups in total. The van der Waals surface area contributed by atoms with Crippen LogP contribution in [0.25, 0.3) is 0 Å². The number of amides is 2. The SMILES string of the molecule is O=C(O)CCCCCNC(=O)Nc1ccon1. The fourth-order valence-electron chi connectivity index (χ4n) is 1.22. The van der Waals surface area contributed by atoms with Crippen molar-refractivity contribution in [3.05, 3.63) is 12.3 Å². The van der Waals surface area contributed by atoms with E-state index in [4.69, 9.17) is 5.11 Å². The Labute approximate surface area is 98.2 Å². The maximum absolute atomic E-state index is 11.3. The summed E-state index contributed by atoms with van der Waals surface area (Å²) in [5, 5.41) is 17.0. The van der Waals surface area contributed by atoms with Crippen molar-refractivity contribution in [1.29, 1.82) is 0 Å². The number of nitrogens with one attached hydrogen (secondary N) is 2. The lowest BCUT2D eigenvalue weighted by molar-refractivity contribution is -0.137. The zero-order chi connectivity index (χ0) is 12.5. The van der Waals surface area contributed by atoms with E-state index in [1.165, 1.54) is 12.3 Å². The van der Waals surface area contributed by atoms with Gasteiger partial charge in [0.15, 0.2) is 5.82 Å². The molecule has 1 aromatic rings. The Balaban J connectivity index is 1.99. The second-order valence-corrected chi connectivity index (χ2v) is 3.47. The number of urea groups is 1. The van der Waals surface area contributed by atoms with Gasteiger partial charge in [0.1, 0.15) is 6.26 Å². The lowest BCUT2D eigenvalue weighted by Crippen LogP contribution is -2.29. The summed E-state index contributed by atoms with van der Waals surface area (Å²) in [5.74, 6) is -0.435. The second-order valence-electron chi connectivity index (χ2n) is 3.47. The summed E-state index contributed by atoms with van der Waals surface area (Å²) >= 11 is 0. The number of hydrogen-bond donors (Lipinski definition) is 3. The molecule has 0 saturated heterocycles. The van der Waals surface area contributed by atoms with Crippen molar-refractivity contribution in [2.45, 2.75) is 25.7 Å². The van der Waals surface area contributed by atoms with Crippen molar-refractivity contribution in [1.82, 2.24) is 10.5 Å². The molecule has 0 unspecified atom stereocenters. The molecule has 7 heteroatoms. The first kappa shape index (κ1) is 13.0. The summed E-state index contributed by atoms with van der Waals surface area (Å²) < 4.78 is 4.55. The number of carboxylic acid groups (broad SMARTS) is 1. The number of unbranched alkanes of at least 4 members (excludes halogenated alkanes) is 2. The molecule has 17 heavy (non-hydrogen) atoms. The Kier molecular flexibility index (Phi) is 5.56. The van der Waals surface area contributed by atoms with Gasteiger partial charge >= 0.3 is 12.0 Å². The van der Waals surface area contributed by atoms with Crippen molar-refractivity contribution in [2.24, 2.45) is 0 Å². The van der Waals surface area contributed by atoms with Gasteiger partial charge in [-0.1, -0.05) is 11.6 Å². The molecule has 1 rings (SSSR count). The monoisotopic (exact) mass is 241 g/mol. The lowest BCUT2D eigenvalue weighted by Gasteiger charge is -2.04. The molecule has 0 saturated carbocycles. The molecule has 1 heterocycles. The maximum Gasteiger partial charge on any atom is 0.320 e. The first-order valence-electron chi connectivity index (χ1n) is 5.35. The van der Waals surface area contributed by atoms with Crippen LogP contribution in [0.3, 0.4) is 0 Å². The molecule has 0 radical (unpaired) electrons. The Morgan fingerprint density at radius 1 is 1.35 bits per heavy atom. The third-order valence-corrected chi connectivity index (χ3v) is 2.03. The van der Waals surface area contributed by atoms with E-state index in [0.29, 0.717) is 18.8 Å². The Bertz CT molecular complexity index is 350. The maximum atomic E-state index is 11.3. The summed E-state index contributed by atoms with van der Waals surface area (Å²) in [6, 6.07) is 1.18. The molecule has 0 fully saturated rings. The molecule has 7 nitrogen and oxygen atoms in total. The topological polar surface area (TPSA) is 104 Å². The smallest absolute Gasteiger partial charge is 0.320 e. The van der Waals surface area contributed by atoms with Crippen LogP contribution in [-0.4, -0.2) is 28.8 Å². The predicted molar refractivity (Wildman–Crippen MR) is 59.6 cm³/mol. The van der Waals surface area contributed by atoms with E-state index in [0.717, 1.165) is 12.8 Å². The molecule has 0 aliphatic heterocycles. The van der Waals surface area contributed by atoms with E-state index in [-0.39, 0.29) is 12.5 Å². The van der Waals surface area contributed by atoms with Crippen LogP contribution in [0, 0.1) is 0 Å². The molecule has 1 aromatic heterocycles. The Morgan fingerprint density at radius 3 is 2.82 bits per heavy atom. The minimum Gasteiger partial charge on any atom is -0.481 e. The average molecular weight is 241 g/mol. The number of anilines is 1. The number of carbonyl (C=O) groups is 2. The Hall–Kier alpha value is -2.05. The first-order chi connectivity index (χ1) is 8.18. The van der Waals surface area contributed by atoms with Gasteiger partial charge < -0.3 is 14.9 Å². The van der Waals surface area contributed by atoms with Crippen molar-refractivity contribution >= 4 is 17.8 Å². The standard InChI is InChI=1S/C10H15N3O4/c14-9(15)4-2-1-3-6-11-10(16)12-8-5-7-17-13-8/h5,7H,1-4,6H2,(H,14,15)(H2,11,12,13,16). The lowest BCUT2D eigenvalue weighted by atomic mass is 10.2. The average Bonchev–Trinajstić information content (AvgIpc) is 2.75. The van der Waals surface area contributed by atoms with Crippen LogP contribution in [0.4, 0.5) is 10.6 Å². The van der Waals surface area contributed by atoms with E-state index in [1.807, 2.05) is 0 Å². The Morgan fingerprint density at radius 2 is 2.18 bits per heavy atom. The summed E-state index contributed by atoms with van der Waals surface area (Å²) in [5.41, 5.74) is 0. The first-order valence-corrected chi connectivity index (χ1v) is 5.35. The third-order valence-electron chi connectivity index (χ3n) is 2.03. The molecular formula is C10H15N3O4. The molecule has 94 valence electrons. The fraction of sp³-hybridized carbons (Fsp3) is 0.500. The number of aromatic nitrogens is 1. The third kappa shape index (κ3) is 6.18. The number of rotatable bonds is 7. The summed E-state index contributed by atoms with van der Waals surface area (Å²) in [6.45, 7) is 0.503. The molecule has 0 aromatic carbocycles. The quantitative estimate of drug-likeness (QED) is 0.626. The number of hydrogen-bond acceptors (Lipinski definition) is 4. The van der Waals surface area contributed by atoms with Crippen LogP contribution in [0.2, 0.25) is 0 Å². The van der Waals surface area contributed by atoms with E-state index in [2.05, 4.69) is 20.3 Å². The van der Waals surface area contributed by atoms with Crippen molar-refractivity contribution in [3.8, 4) is 0 Å². The fourth-order valence-corrected chi connectivity index (χ4v) is 1.22. The van der Waals surface area contributed by atoms with Gasteiger partial charge in [-0.15, -0.1) is 0 Å². The second kappa shape index (κ2) is 7.26. The highest BCUT2D eigenvalue weighted by Gasteiger charge is 2.02. The summed E-state index contributed by atoms with van der Waals surface area (Å²) in [4.78, 5) is 21.5. The summed E-state index contributed by atoms with van der Waals surface area (Å²) in [7, 11) is 0. The van der Waals surface area contributed by atoms with E-state index in [9.17, 15) is 9.59 Å². The molecule has 0 aliphatic carbocycles. The number of carbonyl (C=O) groups excluding carboxylic acids is 1. The molecule has 0 atom stereocenters. The number of nitrogens with zero attached hydrogens (tertiary/aromatic N) is 1. The largest absolute Gasteiger partial charge is 0.481 e. The zero-order valence-corrected chi connectivity index (χ0v) is 9.31. The van der Waals surface area contributed by atoms with Gasteiger partial charge in [-0.05, 0) is 12.8 Å². The molecular weight excluding hydrogens is 226 g/mol. The zero-order valence-electron chi connectivity index (χ0n) is 9.31. The van der Waals surface area contributed by atoms with Crippen molar-refractivity contribution in [3.63, 3.8) is 0 Å². The minimum absolute atomic E-state index is 0.172. The number of carboxylic acids is 1. The van der Waals surface area contributed by atoms with Gasteiger partial charge in [0.05, 0.1) is 0 Å². The van der Waals surface area contributed by atoms with E-state index >= 15 is 0 Å². The van der Waals surface area contributed by atoms with Crippen LogP contribution in [-0.2, 0) is 4.79 Å². The van der Waals surface area contributed by atoms with Crippen molar-refractivity contribution in [2.75, 3.05) is 11.9 Å². The highest BCUT2D eigenvalue weighted by atomic mass is 16.5. The van der Waals surface area contributed by atoms with Gasteiger partial charge in [0, 0.05) is 19.0 Å². The predicted octanol–water partition coefficient (Wildman–Crippen LogP) is 1.44. The van der Waals surface area contributed by atoms with Crippen molar-refractivity contribution < 1.29 is 19.2 Å². The van der Waals surface area contributed by atoms with Crippen LogP contribution in [0.15, 0.2) is 16.9 Å². The van der Waals surface area contributed by atoms with Crippen LogP contribution in [0.5, 0.6) is 0 Å². The van der Waals surface area contributed by atoms with E-state index < -0.39 is 5.97 Å². The highest BCUT2D eigenvalue weighted by molar-refractivity contribution is 5.87. The van der Waals surface area contributed by atoms with Gasteiger partial charge in [-0.2, -0.15) is 0 Å². The normalized spacial score (nSPS) is 9.88. The molecule has 0 aliphatic rings. The molecule has 0 bridgehead atoms.